The van der Waals surface area contributed by atoms with Crippen LogP contribution in [0, 0.1) is 0 Å². The molecule has 0 radical (unpaired) electrons. The van der Waals surface area contributed by atoms with Gasteiger partial charge in [0.05, 0.1) is 17.9 Å². The molecule has 0 bridgehead atoms. The molecular formula is C11H17NO4. The molecule has 1 aromatic rings. The Bertz CT molecular complexity index is 376. The third kappa shape index (κ3) is 2.44. The van der Waals surface area contributed by atoms with Gasteiger partial charge in [-0.15, -0.1) is 0 Å². The van der Waals surface area contributed by atoms with Crippen molar-refractivity contribution in [2.75, 3.05) is 5.73 Å². The summed E-state index contributed by atoms with van der Waals surface area (Å²) in [6.45, 7) is 2.93. The number of rotatable bonds is 3. The molecule has 0 heterocycles. The molecular weight excluding hydrogens is 210 g/mol. The lowest BCUT2D eigenvalue weighted by Crippen LogP contribution is -2.14. The highest BCUT2D eigenvalue weighted by Crippen LogP contribution is 2.33. The Morgan fingerprint density at radius 3 is 2.12 bits per heavy atom. The minimum atomic E-state index is -1.12. The van der Waals surface area contributed by atoms with Crippen LogP contribution in [0.1, 0.15) is 37.2 Å². The van der Waals surface area contributed by atoms with E-state index in [4.69, 9.17) is 5.73 Å². The Hall–Kier alpha value is -1.30. The van der Waals surface area contributed by atoms with Crippen molar-refractivity contribution in [1.29, 1.82) is 0 Å². The number of benzene rings is 1. The highest BCUT2D eigenvalue weighted by molar-refractivity contribution is 5.60. The van der Waals surface area contributed by atoms with E-state index in [0.717, 1.165) is 0 Å². The molecule has 16 heavy (non-hydrogen) atoms. The molecule has 0 saturated heterocycles. The van der Waals surface area contributed by atoms with Crippen molar-refractivity contribution in [3.8, 4) is 5.75 Å². The van der Waals surface area contributed by atoms with Gasteiger partial charge in [-0.1, -0.05) is 0 Å². The summed E-state index contributed by atoms with van der Waals surface area (Å²) in [6, 6.07) is 2.75. The van der Waals surface area contributed by atoms with Gasteiger partial charge in [0.25, 0.3) is 0 Å². The summed E-state index contributed by atoms with van der Waals surface area (Å²) < 4.78 is 0. The van der Waals surface area contributed by atoms with Crippen LogP contribution in [-0.2, 0) is 0 Å². The van der Waals surface area contributed by atoms with Gasteiger partial charge in [0.15, 0.2) is 0 Å². The molecule has 0 aliphatic heterocycles. The molecule has 0 aromatic heterocycles. The second-order valence-electron chi connectivity index (χ2n) is 3.90. The van der Waals surface area contributed by atoms with Gasteiger partial charge in [0.2, 0.25) is 0 Å². The zero-order chi connectivity index (χ0) is 12.5. The highest BCUT2D eigenvalue weighted by Gasteiger charge is 2.18. The summed E-state index contributed by atoms with van der Waals surface area (Å²) in [5, 5.41) is 37.8. The number of aliphatic hydroxyl groups excluding tert-OH is 3. The third-order valence-electron chi connectivity index (χ3n) is 2.46. The second kappa shape index (κ2) is 4.69. The first-order valence-electron chi connectivity index (χ1n) is 5.01. The summed E-state index contributed by atoms with van der Waals surface area (Å²) in [6.07, 6.45) is -2.94. The van der Waals surface area contributed by atoms with Crippen molar-refractivity contribution in [3.05, 3.63) is 23.3 Å². The maximum absolute atomic E-state index is 9.64. The molecule has 1 aromatic carbocycles. The molecule has 90 valence electrons. The molecule has 1 rings (SSSR count). The Balaban J connectivity index is 3.24. The van der Waals surface area contributed by atoms with E-state index in [1.165, 1.54) is 26.0 Å². The predicted molar refractivity (Wildman–Crippen MR) is 59.8 cm³/mol. The van der Waals surface area contributed by atoms with Gasteiger partial charge in [-0.2, -0.15) is 0 Å². The monoisotopic (exact) mass is 227 g/mol. The van der Waals surface area contributed by atoms with Gasteiger partial charge in [-0.05, 0) is 31.5 Å². The zero-order valence-corrected chi connectivity index (χ0v) is 9.25. The number of phenols is 1. The molecule has 0 saturated carbocycles. The van der Waals surface area contributed by atoms with E-state index in [1.54, 1.807) is 0 Å². The van der Waals surface area contributed by atoms with Crippen molar-refractivity contribution >= 4 is 5.69 Å². The number of aromatic hydroxyl groups is 1. The molecule has 0 fully saturated rings. The van der Waals surface area contributed by atoms with E-state index in [0.29, 0.717) is 11.1 Å². The maximum atomic E-state index is 9.64. The Morgan fingerprint density at radius 2 is 1.69 bits per heavy atom. The molecule has 5 heteroatoms. The van der Waals surface area contributed by atoms with Gasteiger partial charge in [0.1, 0.15) is 11.9 Å². The number of hydrogen-bond donors (Lipinski definition) is 5. The van der Waals surface area contributed by atoms with Crippen LogP contribution in [0.5, 0.6) is 5.75 Å². The van der Waals surface area contributed by atoms with Crippen LogP contribution in [0.25, 0.3) is 0 Å². The summed E-state index contributed by atoms with van der Waals surface area (Å²) in [5.41, 5.74) is 6.30. The average molecular weight is 227 g/mol. The van der Waals surface area contributed by atoms with Gasteiger partial charge in [-0.3, -0.25) is 0 Å². The molecule has 0 aliphatic rings. The van der Waals surface area contributed by atoms with Crippen LogP contribution in [0.3, 0.4) is 0 Å². The lowest BCUT2D eigenvalue weighted by molar-refractivity contribution is 0.0303. The molecule has 0 spiro atoms. The van der Waals surface area contributed by atoms with Crippen molar-refractivity contribution in [3.63, 3.8) is 0 Å². The molecule has 0 amide bonds. The number of hydrogen-bond acceptors (Lipinski definition) is 5. The number of anilines is 1. The first kappa shape index (κ1) is 12.8. The highest BCUT2D eigenvalue weighted by atomic mass is 16.3. The minimum absolute atomic E-state index is 0.0801. The van der Waals surface area contributed by atoms with Gasteiger partial charge in [-0.25, -0.2) is 0 Å². The van der Waals surface area contributed by atoms with E-state index in [9.17, 15) is 20.4 Å². The van der Waals surface area contributed by atoms with Crippen LogP contribution in [0.15, 0.2) is 12.1 Å². The van der Waals surface area contributed by atoms with Crippen LogP contribution in [-0.4, -0.2) is 26.5 Å². The maximum Gasteiger partial charge on any atom is 0.139 e. The van der Waals surface area contributed by atoms with Gasteiger partial charge in [0, 0.05) is 5.56 Å². The fourth-order valence-electron chi connectivity index (χ4n) is 1.48. The molecule has 5 nitrogen and oxygen atoms in total. The molecule has 2 unspecified atom stereocenters. The molecule has 0 aliphatic carbocycles. The summed E-state index contributed by atoms with van der Waals surface area (Å²) >= 11 is 0. The minimum Gasteiger partial charge on any atom is -0.506 e. The van der Waals surface area contributed by atoms with E-state index in [2.05, 4.69) is 0 Å². The standard InChI is InChI=1S/C11H17NO4/c1-5(13)8-3-7(11(16)6(2)14)4-9(15)10(8)12/h3-6,11,13-16H,12H2,1-2H3/t5-,6?,11?/m1/s1. The first-order chi connectivity index (χ1) is 7.34. The third-order valence-corrected chi connectivity index (χ3v) is 2.46. The molecule has 6 N–H and O–H groups in total. The van der Waals surface area contributed by atoms with Crippen LogP contribution < -0.4 is 5.73 Å². The van der Waals surface area contributed by atoms with Crippen molar-refractivity contribution < 1.29 is 20.4 Å². The first-order valence-corrected chi connectivity index (χ1v) is 5.01. The summed E-state index contributed by atoms with van der Waals surface area (Å²) in [4.78, 5) is 0. The largest absolute Gasteiger partial charge is 0.506 e. The Morgan fingerprint density at radius 1 is 1.12 bits per heavy atom. The van der Waals surface area contributed by atoms with Crippen molar-refractivity contribution in [1.82, 2.24) is 0 Å². The average Bonchev–Trinajstić information content (AvgIpc) is 2.20. The smallest absolute Gasteiger partial charge is 0.139 e. The van der Waals surface area contributed by atoms with E-state index in [1.807, 2.05) is 0 Å². The number of nitrogens with two attached hydrogens (primary N) is 1. The fraction of sp³-hybridized carbons (Fsp3) is 0.455. The van der Waals surface area contributed by atoms with Gasteiger partial charge >= 0.3 is 0 Å². The van der Waals surface area contributed by atoms with Crippen LogP contribution >= 0.6 is 0 Å². The number of aliphatic hydroxyl groups is 3. The van der Waals surface area contributed by atoms with E-state index < -0.39 is 18.3 Å². The fourth-order valence-corrected chi connectivity index (χ4v) is 1.48. The summed E-state index contributed by atoms with van der Waals surface area (Å²) in [7, 11) is 0. The second-order valence-corrected chi connectivity index (χ2v) is 3.90. The molecule has 3 atom stereocenters. The SMILES string of the molecule is CC(O)C(O)c1cc(O)c(N)c([C@@H](C)O)c1. The van der Waals surface area contributed by atoms with Crippen LogP contribution in [0.4, 0.5) is 5.69 Å². The van der Waals surface area contributed by atoms with Crippen molar-refractivity contribution in [2.24, 2.45) is 0 Å². The Labute approximate surface area is 93.8 Å². The quantitative estimate of drug-likeness (QED) is 0.380. The van der Waals surface area contributed by atoms with E-state index >= 15 is 0 Å². The van der Waals surface area contributed by atoms with E-state index in [-0.39, 0.29) is 11.4 Å². The normalized spacial score (nSPS) is 16.8. The lowest BCUT2D eigenvalue weighted by Gasteiger charge is -2.18. The lowest BCUT2D eigenvalue weighted by atomic mass is 9.98. The predicted octanol–water partition coefficient (Wildman–Crippen LogP) is 0.442. The van der Waals surface area contributed by atoms with Gasteiger partial charge < -0.3 is 26.2 Å². The zero-order valence-electron chi connectivity index (χ0n) is 9.25. The number of nitrogen functional groups attached to an aromatic ring is 1. The van der Waals surface area contributed by atoms with Crippen molar-refractivity contribution in [2.45, 2.75) is 32.2 Å². The topological polar surface area (TPSA) is 107 Å². The summed E-state index contributed by atoms with van der Waals surface area (Å²) in [5.74, 6) is -0.215. The Kier molecular flexibility index (Phi) is 3.74. The number of phenolic OH excluding ortho intramolecular Hbond substituents is 1. The van der Waals surface area contributed by atoms with Crippen LogP contribution in [0.2, 0.25) is 0 Å².